The van der Waals surface area contributed by atoms with E-state index in [1.807, 2.05) is 6.92 Å². The maximum Gasteiger partial charge on any atom is 0.117 e. The third-order valence-corrected chi connectivity index (χ3v) is 1.95. The lowest BCUT2D eigenvalue weighted by Gasteiger charge is -2.00. The molecule has 0 saturated heterocycles. The van der Waals surface area contributed by atoms with Crippen molar-refractivity contribution in [2.24, 2.45) is 5.16 Å². The molecule has 0 saturated carbocycles. The minimum atomic E-state index is 0.765. The Bertz CT molecular complexity index is 132. The van der Waals surface area contributed by atoms with E-state index < -0.39 is 0 Å². The van der Waals surface area contributed by atoms with E-state index in [1.165, 1.54) is 25.7 Å². The fourth-order valence-corrected chi connectivity index (χ4v) is 1.04. The number of oxime groups is 1. The van der Waals surface area contributed by atoms with Crippen LogP contribution in [0, 0.1) is 0 Å². The Morgan fingerprint density at radius 3 is 2.38 bits per heavy atom. The molecule has 0 bridgehead atoms. The first-order chi connectivity index (χ1) is 6.31. The first-order valence-electron chi connectivity index (χ1n) is 5.46. The highest BCUT2D eigenvalue weighted by Crippen LogP contribution is 2.01. The van der Waals surface area contributed by atoms with Crippen LogP contribution in [0.25, 0.3) is 0 Å². The van der Waals surface area contributed by atoms with Crippen LogP contribution >= 0.6 is 0 Å². The summed E-state index contributed by atoms with van der Waals surface area (Å²) in [6.45, 7) is 7.18. The third-order valence-electron chi connectivity index (χ3n) is 1.95. The first kappa shape index (κ1) is 12.5. The van der Waals surface area contributed by atoms with E-state index in [2.05, 4.69) is 19.0 Å². The predicted octanol–water partition coefficient (Wildman–Crippen LogP) is 3.76. The van der Waals surface area contributed by atoms with Gasteiger partial charge < -0.3 is 4.84 Å². The van der Waals surface area contributed by atoms with Crippen LogP contribution in [-0.4, -0.2) is 12.3 Å². The highest BCUT2D eigenvalue weighted by atomic mass is 16.6. The molecule has 0 aliphatic heterocycles. The van der Waals surface area contributed by atoms with Gasteiger partial charge in [-0.25, -0.2) is 0 Å². The molecule has 0 rings (SSSR count). The van der Waals surface area contributed by atoms with Gasteiger partial charge in [0, 0.05) is 0 Å². The van der Waals surface area contributed by atoms with Gasteiger partial charge in [0.25, 0.3) is 0 Å². The van der Waals surface area contributed by atoms with Gasteiger partial charge in [-0.05, 0) is 26.2 Å². The fourth-order valence-electron chi connectivity index (χ4n) is 1.04. The Labute approximate surface area is 82.4 Å². The average molecular weight is 185 g/mol. The molecule has 0 heterocycles. The monoisotopic (exact) mass is 185 g/mol. The Kier molecular flexibility index (Phi) is 9.17. The van der Waals surface area contributed by atoms with Gasteiger partial charge >= 0.3 is 0 Å². The maximum atomic E-state index is 5.15. The van der Waals surface area contributed by atoms with Crippen LogP contribution in [-0.2, 0) is 4.84 Å². The largest absolute Gasteiger partial charge is 0.396 e. The van der Waals surface area contributed by atoms with Gasteiger partial charge in [0.05, 0.1) is 5.71 Å². The second-order valence-corrected chi connectivity index (χ2v) is 3.47. The summed E-state index contributed by atoms with van der Waals surface area (Å²) >= 11 is 0. The van der Waals surface area contributed by atoms with Crippen LogP contribution < -0.4 is 0 Å². The van der Waals surface area contributed by atoms with E-state index in [4.69, 9.17) is 4.84 Å². The Balaban J connectivity index is 3.29. The molecule has 0 aromatic carbocycles. The zero-order valence-corrected chi connectivity index (χ0v) is 9.31. The van der Waals surface area contributed by atoms with Crippen molar-refractivity contribution in [2.75, 3.05) is 6.61 Å². The summed E-state index contributed by atoms with van der Waals surface area (Å²) in [4.78, 5) is 5.15. The quantitative estimate of drug-likeness (QED) is 0.320. The molecule has 0 aliphatic rings. The molecule has 0 fully saturated rings. The molecule has 0 atom stereocenters. The molecule has 0 spiro atoms. The van der Waals surface area contributed by atoms with Crippen LogP contribution in [0.5, 0.6) is 0 Å². The van der Waals surface area contributed by atoms with Crippen molar-refractivity contribution >= 4 is 5.71 Å². The summed E-state index contributed by atoms with van der Waals surface area (Å²) in [5.41, 5.74) is 1.13. The number of hydrogen-bond acceptors (Lipinski definition) is 2. The lowest BCUT2D eigenvalue weighted by molar-refractivity contribution is 0.140. The van der Waals surface area contributed by atoms with Gasteiger partial charge in [0.1, 0.15) is 6.61 Å². The average Bonchev–Trinajstić information content (AvgIpc) is 2.13. The molecule has 13 heavy (non-hydrogen) atoms. The number of rotatable bonds is 8. The summed E-state index contributed by atoms with van der Waals surface area (Å²) in [6.07, 6.45) is 7.16. The van der Waals surface area contributed by atoms with E-state index in [1.54, 1.807) is 0 Å². The third kappa shape index (κ3) is 9.38. The molecular formula is C11H23NO. The summed E-state index contributed by atoms with van der Waals surface area (Å²) < 4.78 is 0. The molecule has 0 aromatic rings. The van der Waals surface area contributed by atoms with Crippen LogP contribution in [0.15, 0.2) is 5.16 Å². The maximum absolute atomic E-state index is 5.15. The smallest absolute Gasteiger partial charge is 0.117 e. The van der Waals surface area contributed by atoms with E-state index >= 15 is 0 Å². The van der Waals surface area contributed by atoms with Gasteiger partial charge in [-0.15, -0.1) is 0 Å². The summed E-state index contributed by atoms with van der Waals surface area (Å²) in [6, 6.07) is 0. The Morgan fingerprint density at radius 1 is 1.08 bits per heavy atom. The number of hydrogen-bond donors (Lipinski definition) is 0. The summed E-state index contributed by atoms with van der Waals surface area (Å²) in [7, 11) is 0. The topological polar surface area (TPSA) is 21.6 Å². The molecule has 0 N–H and O–H groups in total. The molecule has 0 amide bonds. The van der Waals surface area contributed by atoms with Crippen LogP contribution in [0.3, 0.4) is 0 Å². The summed E-state index contributed by atoms with van der Waals surface area (Å²) in [5.74, 6) is 0. The van der Waals surface area contributed by atoms with E-state index in [9.17, 15) is 0 Å². The molecule has 2 heteroatoms. The van der Waals surface area contributed by atoms with E-state index in [0.717, 1.165) is 25.2 Å². The van der Waals surface area contributed by atoms with Gasteiger partial charge in [0.15, 0.2) is 0 Å². The molecule has 0 aromatic heterocycles. The molecule has 2 nitrogen and oxygen atoms in total. The molecular weight excluding hydrogens is 162 g/mol. The Morgan fingerprint density at radius 2 is 1.77 bits per heavy atom. The zero-order chi connectivity index (χ0) is 9.94. The fraction of sp³-hybridized carbons (Fsp3) is 0.909. The van der Waals surface area contributed by atoms with Crippen molar-refractivity contribution in [1.29, 1.82) is 0 Å². The zero-order valence-electron chi connectivity index (χ0n) is 9.31. The van der Waals surface area contributed by atoms with E-state index in [0.29, 0.717) is 0 Å². The molecule has 0 radical (unpaired) electrons. The van der Waals surface area contributed by atoms with Gasteiger partial charge in [-0.1, -0.05) is 38.3 Å². The minimum absolute atomic E-state index is 0.765. The Hall–Kier alpha value is -0.530. The lowest BCUT2D eigenvalue weighted by atomic mass is 10.1. The minimum Gasteiger partial charge on any atom is -0.396 e. The number of nitrogens with zero attached hydrogens (tertiary/aromatic N) is 1. The normalized spacial score (nSPS) is 11.8. The highest BCUT2D eigenvalue weighted by molar-refractivity contribution is 5.81. The predicted molar refractivity (Wildman–Crippen MR) is 58.1 cm³/mol. The second kappa shape index (κ2) is 9.56. The second-order valence-electron chi connectivity index (χ2n) is 3.47. The van der Waals surface area contributed by atoms with Crippen LogP contribution in [0.2, 0.25) is 0 Å². The van der Waals surface area contributed by atoms with Crippen molar-refractivity contribution in [3.63, 3.8) is 0 Å². The van der Waals surface area contributed by atoms with Crippen molar-refractivity contribution in [3.8, 4) is 0 Å². The van der Waals surface area contributed by atoms with Gasteiger partial charge in [0.2, 0.25) is 0 Å². The summed E-state index contributed by atoms with van der Waals surface area (Å²) in [5, 5.41) is 4.05. The molecule has 0 aliphatic carbocycles. The number of unbranched alkanes of at least 4 members (excludes halogenated alkanes) is 3. The van der Waals surface area contributed by atoms with Gasteiger partial charge in [-0.2, -0.15) is 0 Å². The standard InChI is InChI=1S/C11H23NO/c1-4-6-8-9-11(3)12-13-10-7-5-2/h4-10H2,1-3H3/b12-11-. The SMILES string of the molecule is CCCCC/C(C)=N\OCCCC. The van der Waals surface area contributed by atoms with Crippen molar-refractivity contribution < 1.29 is 4.84 Å². The van der Waals surface area contributed by atoms with Gasteiger partial charge in [-0.3, -0.25) is 0 Å². The van der Waals surface area contributed by atoms with Crippen molar-refractivity contribution in [1.82, 2.24) is 0 Å². The van der Waals surface area contributed by atoms with Crippen molar-refractivity contribution in [2.45, 2.75) is 59.3 Å². The van der Waals surface area contributed by atoms with E-state index in [-0.39, 0.29) is 0 Å². The molecule has 78 valence electrons. The van der Waals surface area contributed by atoms with Crippen LogP contribution in [0.1, 0.15) is 59.3 Å². The van der Waals surface area contributed by atoms with Crippen LogP contribution in [0.4, 0.5) is 0 Å². The first-order valence-corrected chi connectivity index (χ1v) is 5.46. The lowest BCUT2D eigenvalue weighted by Crippen LogP contribution is -1.95. The van der Waals surface area contributed by atoms with Crippen molar-refractivity contribution in [3.05, 3.63) is 0 Å². The molecule has 0 unspecified atom stereocenters. The highest BCUT2D eigenvalue weighted by Gasteiger charge is 1.92.